The summed E-state index contributed by atoms with van der Waals surface area (Å²) >= 11 is 1.54. The molecule has 0 spiro atoms. The first kappa shape index (κ1) is 24.5. The minimum Gasteiger partial charge on any atom is -0.481 e. The zero-order valence-electron chi connectivity index (χ0n) is 18.0. The van der Waals surface area contributed by atoms with Crippen molar-refractivity contribution in [2.75, 3.05) is 0 Å². The van der Waals surface area contributed by atoms with Crippen molar-refractivity contribution in [2.45, 2.75) is 65.6 Å². The molecular formula is C20H28N4O6S. The third kappa shape index (κ3) is 7.44. The van der Waals surface area contributed by atoms with Gasteiger partial charge < -0.3 is 25.3 Å². The van der Waals surface area contributed by atoms with Gasteiger partial charge in [-0.25, -0.2) is 9.97 Å². The number of carboxylic acid groups (broad SMARTS) is 1. The predicted octanol–water partition coefficient (Wildman–Crippen LogP) is 1.72. The van der Waals surface area contributed by atoms with Crippen LogP contribution in [0.5, 0.6) is 0 Å². The Balaban J connectivity index is 0.000000785. The minimum atomic E-state index is -0.833. The maximum atomic E-state index is 12.5. The molecule has 1 saturated carbocycles. The average molecular weight is 453 g/mol. The monoisotopic (exact) mass is 452 g/mol. The molecule has 11 heteroatoms. The van der Waals surface area contributed by atoms with Crippen molar-refractivity contribution in [3.05, 3.63) is 33.4 Å². The molecule has 1 aliphatic rings. The molecule has 0 aliphatic heterocycles. The predicted molar refractivity (Wildman–Crippen MR) is 113 cm³/mol. The second-order valence-corrected chi connectivity index (χ2v) is 8.46. The molecule has 10 nitrogen and oxygen atoms in total. The maximum Gasteiger partial charge on any atom is 0.300 e. The van der Waals surface area contributed by atoms with Crippen LogP contribution in [0, 0.1) is 26.7 Å². The number of aryl methyl sites for hydroxylation is 3. The second kappa shape index (κ2) is 11.0. The van der Waals surface area contributed by atoms with E-state index in [1.54, 1.807) is 25.2 Å². The van der Waals surface area contributed by atoms with Crippen molar-refractivity contribution in [3.8, 4) is 0 Å². The van der Waals surface area contributed by atoms with E-state index >= 15 is 0 Å². The number of hydrogen-bond acceptors (Lipinski definition) is 8. The molecule has 170 valence electrons. The molecule has 2 amide bonds. The number of carbonyl (C=O) groups excluding carboxylic acids is 2. The zero-order valence-corrected chi connectivity index (χ0v) is 18.8. The lowest BCUT2D eigenvalue weighted by atomic mass is 9.83. The Morgan fingerprint density at radius 3 is 2.45 bits per heavy atom. The number of hydrogen-bond donors (Lipinski definition) is 4. The smallest absolute Gasteiger partial charge is 0.300 e. The Kier molecular flexibility index (Phi) is 8.69. The van der Waals surface area contributed by atoms with Gasteiger partial charge in [0, 0.05) is 25.1 Å². The average Bonchev–Trinajstić information content (AvgIpc) is 3.25. The molecule has 0 saturated heterocycles. The summed E-state index contributed by atoms with van der Waals surface area (Å²) in [5.74, 6) is -1.05. The van der Waals surface area contributed by atoms with Gasteiger partial charge in [-0.1, -0.05) is 0 Å². The lowest BCUT2D eigenvalue weighted by Crippen LogP contribution is -2.49. The van der Waals surface area contributed by atoms with Gasteiger partial charge in [0.2, 0.25) is 11.7 Å². The number of aromatic nitrogens is 2. The van der Waals surface area contributed by atoms with Crippen LogP contribution >= 0.6 is 11.3 Å². The van der Waals surface area contributed by atoms with E-state index in [4.69, 9.17) is 14.3 Å². The highest BCUT2D eigenvalue weighted by molar-refractivity contribution is 7.09. The van der Waals surface area contributed by atoms with E-state index in [-0.39, 0.29) is 17.6 Å². The second-order valence-electron chi connectivity index (χ2n) is 7.40. The van der Waals surface area contributed by atoms with Crippen molar-refractivity contribution < 1.29 is 29.0 Å². The number of nitrogens with one attached hydrogen (secondary N) is 2. The molecule has 0 radical (unpaired) electrons. The van der Waals surface area contributed by atoms with Crippen LogP contribution in [-0.2, 0) is 16.1 Å². The molecule has 1 aliphatic carbocycles. The SMILES string of the molecule is CC(=O)O.Cc1nc(C)c(C(=O)N[C@@H]2C[C@@H](C(=O)NCc3csc(C)n3)CC[C@H]2O)o1. The number of aliphatic hydroxyl groups is 1. The Labute approximate surface area is 184 Å². The van der Waals surface area contributed by atoms with Gasteiger partial charge in [0.15, 0.2) is 5.89 Å². The van der Waals surface area contributed by atoms with E-state index < -0.39 is 24.0 Å². The van der Waals surface area contributed by atoms with Gasteiger partial charge in [-0.2, -0.15) is 0 Å². The van der Waals surface area contributed by atoms with Gasteiger partial charge in [0.1, 0.15) is 0 Å². The van der Waals surface area contributed by atoms with Crippen molar-refractivity contribution in [3.63, 3.8) is 0 Å². The summed E-state index contributed by atoms with van der Waals surface area (Å²) in [6, 6.07) is -0.506. The first-order chi connectivity index (χ1) is 14.6. The highest BCUT2D eigenvalue weighted by atomic mass is 32.1. The molecule has 31 heavy (non-hydrogen) atoms. The summed E-state index contributed by atoms with van der Waals surface area (Å²) in [6.07, 6.45) is 0.716. The van der Waals surface area contributed by atoms with Crippen LogP contribution in [0.1, 0.15) is 59.0 Å². The summed E-state index contributed by atoms with van der Waals surface area (Å²) in [7, 11) is 0. The molecule has 0 bridgehead atoms. The summed E-state index contributed by atoms with van der Waals surface area (Å²) < 4.78 is 5.33. The number of oxazole rings is 1. The zero-order chi connectivity index (χ0) is 23.1. The molecule has 2 heterocycles. The van der Waals surface area contributed by atoms with Gasteiger partial charge in [-0.3, -0.25) is 14.4 Å². The Morgan fingerprint density at radius 2 is 1.90 bits per heavy atom. The van der Waals surface area contributed by atoms with E-state index in [1.807, 2.05) is 12.3 Å². The number of amides is 2. The molecule has 3 atom stereocenters. The highest BCUT2D eigenvalue weighted by Gasteiger charge is 2.34. The van der Waals surface area contributed by atoms with Crippen LogP contribution in [0.3, 0.4) is 0 Å². The van der Waals surface area contributed by atoms with Crippen molar-refractivity contribution in [1.29, 1.82) is 0 Å². The van der Waals surface area contributed by atoms with Gasteiger partial charge in [0.05, 0.1) is 35.1 Å². The van der Waals surface area contributed by atoms with Gasteiger partial charge in [-0.15, -0.1) is 11.3 Å². The standard InChI is InChI=1S/C18H24N4O4S.C2H4O2/c1-9-16(26-10(2)20-9)18(25)22-14-6-12(4-5-15(14)23)17(24)19-7-13-8-27-11(3)21-13;1-2(3)4/h8,12,14-15,23H,4-7H2,1-3H3,(H,19,24)(H,22,25);1H3,(H,3,4)/t12-,14+,15+;/m0./s1. The summed E-state index contributed by atoms with van der Waals surface area (Å²) in [5, 5.41) is 26.2. The third-order valence-corrected chi connectivity index (χ3v) is 5.54. The van der Waals surface area contributed by atoms with Gasteiger partial charge >= 0.3 is 0 Å². The van der Waals surface area contributed by atoms with E-state index in [1.165, 1.54) is 0 Å². The summed E-state index contributed by atoms with van der Waals surface area (Å²) in [5.41, 5.74) is 1.34. The number of nitrogens with zero attached hydrogens (tertiary/aromatic N) is 2. The first-order valence-electron chi connectivity index (χ1n) is 9.88. The van der Waals surface area contributed by atoms with Crippen LogP contribution in [0.15, 0.2) is 9.80 Å². The normalized spacial score (nSPS) is 20.4. The molecule has 4 N–H and O–H groups in total. The Bertz CT molecular complexity index is 921. The number of thiazole rings is 1. The Hall–Kier alpha value is -2.79. The van der Waals surface area contributed by atoms with Crippen molar-refractivity contribution >= 4 is 29.1 Å². The maximum absolute atomic E-state index is 12.5. The van der Waals surface area contributed by atoms with Crippen molar-refractivity contribution in [2.24, 2.45) is 5.92 Å². The fraction of sp³-hybridized carbons (Fsp3) is 0.550. The number of rotatable bonds is 5. The molecule has 1 fully saturated rings. The largest absolute Gasteiger partial charge is 0.481 e. The van der Waals surface area contributed by atoms with Gasteiger partial charge in [-0.05, 0) is 33.1 Å². The van der Waals surface area contributed by atoms with Crippen LogP contribution in [0.25, 0.3) is 0 Å². The molecule has 0 aromatic carbocycles. The van der Waals surface area contributed by atoms with Crippen LogP contribution in [-0.4, -0.2) is 50.1 Å². The molecular weight excluding hydrogens is 424 g/mol. The molecule has 2 aromatic heterocycles. The highest BCUT2D eigenvalue weighted by Crippen LogP contribution is 2.26. The lowest BCUT2D eigenvalue weighted by Gasteiger charge is -2.32. The first-order valence-corrected chi connectivity index (χ1v) is 10.8. The van der Waals surface area contributed by atoms with Crippen LogP contribution in [0.4, 0.5) is 0 Å². The quantitative estimate of drug-likeness (QED) is 0.534. The lowest BCUT2D eigenvalue weighted by molar-refractivity contribution is -0.134. The van der Waals surface area contributed by atoms with Crippen LogP contribution < -0.4 is 10.6 Å². The molecule has 0 unspecified atom stereocenters. The fourth-order valence-electron chi connectivity index (χ4n) is 3.34. The Morgan fingerprint density at radius 1 is 1.23 bits per heavy atom. The number of aliphatic hydroxyl groups excluding tert-OH is 1. The summed E-state index contributed by atoms with van der Waals surface area (Å²) in [4.78, 5) is 42.3. The van der Waals surface area contributed by atoms with E-state index in [9.17, 15) is 14.7 Å². The van der Waals surface area contributed by atoms with Crippen LogP contribution in [0.2, 0.25) is 0 Å². The number of aliphatic carboxylic acids is 1. The number of carboxylic acids is 1. The molecule has 3 rings (SSSR count). The number of carbonyl (C=O) groups is 3. The minimum absolute atomic E-state index is 0.0847. The summed E-state index contributed by atoms with van der Waals surface area (Å²) in [6.45, 7) is 6.75. The topological polar surface area (TPSA) is 155 Å². The van der Waals surface area contributed by atoms with E-state index in [2.05, 4.69) is 20.6 Å². The van der Waals surface area contributed by atoms with Crippen molar-refractivity contribution in [1.82, 2.24) is 20.6 Å². The van der Waals surface area contributed by atoms with Gasteiger partial charge in [0.25, 0.3) is 11.9 Å². The van der Waals surface area contributed by atoms with E-state index in [0.29, 0.717) is 37.4 Å². The fourth-order valence-corrected chi connectivity index (χ4v) is 3.95. The third-order valence-electron chi connectivity index (χ3n) is 4.72. The van der Waals surface area contributed by atoms with E-state index in [0.717, 1.165) is 17.6 Å². The molecule has 2 aromatic rings.